The quantitative estimate of drug-likeness (QED) is 0.251. The highest BCUT2D eigenvalue weighted by atomic mass is 19.4. The second-order valence-corrected chi connectivity index (χ2v) is 6.64. The van der Waals surface area contributed by atoms with Crippen LogP contribution >= 0.6 is 0 Å². The molecule has 4 rings (SSSR count). The molecule has 7 heteroatoms. The van der Waals surface area contributed by atoms with Gasteiger partial charge in [-0.3, -0.25) is 4.98 Å². The van der Waals surface area contributed by atoms with Crippen molar-refractivity contribution in [3.8, 4) is 34.2 Å². The first-order valence-electron chi connectivity index (χ1n) is 8.96. The molecule has 0 radical (unpaired) electrons. The van der Waals surface area contributed by atoms with Crippen LogP contribution in [0.4, 0.5) is 26.3 Å². The second-order valence-electron chi connectivity index (χ2n) is 6.64. The van der Waals surface area contributed by atoms with E-state index in [1.165, 1.54) is 12.0 Å². The van der Waals surface area contributed by atoms with Gasteiger partial charge in [0.05, 0.1) is 16.6 Å². The van der Waals surface area contributed by atoms with Crippen LogP contribution in [0.5, 0.6) is 0 Å². The van der Waals surface area contributed by atoms with Crippen molar-refractivity contribution in [3.05, 3.63) is 89.9 Å². The summed E-state index contributed by atoms with van der Waals surface area (Å²) < 4.78 is 80.3. The summed E-state index contributed by atoms with van der Waals surface area (Å²) in [6.45, 7) is 0. The summed E-state index contributed by atoms with van der Waals surface area (Å²) in [5, 5.41) is -0.752. The van der Waals surface area contributed by atoms with Crippen LogP contribution < -0.4 is 0 Å². The predicted octanol–water partition coefficient (Wildman–Crippen LogP) is 6.90. The van der Waals surface area contributed by atoms with Crippen LogP contribution in [0.2, 0.25) is 0 Å². The molecule has 3 aromatic carbocycles. The third kappa shape index (κ3) is 4.24. The number of alkyl halides is 3. The highest BCUT2D eigenvalue weighted by molar-refractivity contribution is 5.90. The fourth-order valence-electron chi connectivity index (χ4n) is 3.19. The number of pyridine rings is 1. The van der Waals surface area contributed by atoms with E-state index in [0.717, 1.165) is 29.3 Å². The third-order valence-corrected chi connectivity index (χ3v) is 4.59. The zero-order chi connectivity index (χ0) is 22.2. The Hall–Kier alpha value is -3.79. The van der Waals surface area contributed by atoms with E-state index in [1.807, 2.05) is 12.1 Å². The minimum atomic E-state index is -4.93. The first-order chi connectivity index (χ1) is 14.7. The Morgan fingerprint density at radius 1 is 0.742 bits per heavy atom. The van der Waals surface area contributed by atoms with Crippen LogP contribution in [0.3, 0.4) is 0 Å². The van der Waals surface area contributed by atoms with Gasteiger partial charge >= 0.3 is 6.18 Å². The zero-order valence-electron chi connectivity index (χ0n) is 15.6. The monoisotopic (exact) mass is 427 g/mol. The van der Waals surface area contributed by atoms with Gasteiger partial charge in [0.15, 0.2) is 5.82 Å². The molecule has 0 unspecified atom stereocenters. The van der Waals surface area contributed by atoms with Crippen molar-refractivity contribution in [3.63, 3.8) is 0 Å². The fourth-order valence-corrected chi connectivity index (χ4v) is 3.19. The van der Waals surface area contributed by atoms with Gasteiger partial charge in [-0.05, 0) is 46.8 Å². The van der Waals surface area contributed by atoms with Gasteiger partial charge in [-0.1, -0.05) is 36.3 Å². The molecular weight excluding hydrogens is 416 g/mol. The molecule has 4 aromatic rings. The first-order valence-corrected chi connectivity index (χ1v) is 8.96. The Bertz CT molecular complexity index is 1330. The van der Waals surface area contributed by atoms with Gasteiger partial charge in [0, 0.05) is 17.7 Å². The minimum absolute atomic E-state index is 0.128. The lowest BCUT2D eigenvalue weighted by molar-refractivity contribution is -0.0696. The highest BCUT2D eigenvalue weighted by Gasteiger charge is 2.24. The number of fused-ring (bicyclic) bond motifs is 1. The summed E-state index contributed by atoms with van der Waals surface area (Å²) >= 11 is 0. The Kier molecular flexibility index (Phi) is 5.15. The summed E-state index contributed by atoms with van der Waals surface area (Å²) in [6.07, 6.45) is -3.28. The summed E-state index contributed by atoms with van der Waals surface area (Å²) in [5.74, 6) is -1.59. The van der Waals surface area contributed by atoms with E-state index in [2.05, 4.69) is 4.98 Å². The number of aromatic nitrogens is 1. The Balaban J connectivity index is 1.78. The molecule has 1 nitrogen and oxygen atoms in total. The van der Waals surface area contributed by atoms with E-state index >= 15 is 0 Å². The zero-order valence-corrected chi connectivity index (χ0v) is 15.6. The maximum absolute atomic E-state index is 14.7. The number of hydrogen-bond donors (Lipinski definition) is 0. The molecule has 0 aliphatic carbocycles. The van der Waals surface area contributed by atoms with E-state index in [0.29, 0.717) is 11.1 Å². The number of halogens is 6. The summed E-state index contributed by atoms with van der Waals surface area (Å²) in [6, 6.07) is 15.6. The van der Waals surface area contributed by atoms with Crippen molar-refractivity contribution in [1.82, 2.24) is 4.98 Å². The van der Waals surface area contributed by atoms with Gasteiger partial charge in [-0.15, -0.1) is 0 Å². The second kappa shape index (κ2) is 7.80. The fraction of sp³-hybridized carbons (Fsp3) is 0.0417. The van der Waals surface area contributed by atoms with Gasteiger partial charge < -0.3 is 0 Å². The topological polar surface area (TPSA) is 12.9 Å². The SMILES string of the molecule is Fc1cc2cc(-c3ccc(-c4ccccn4)cc3)cc(F)c2c(F)c1C#CC(F)(F)F. The molecule has 0 saturated carbocycles. The van der Waals surface area contributed by atoms with Crippen LogP contribution in [0, 0.1) is 29.3 Å². The molecule has 0 N–H and O–H groups in total. The van der Waals surface area contributed by atoms with Crippen LogP contribution in [0.25, 0.3) is 33.2 Å². The molecule has 0 amide bonds. The summed E-state index contributed by atoms with van der Waals surface area (Å²) in [5.41, 5.74) is 1.38. The van der Waals surface area contributed by atoms with E-state index in [-0.39, 0.29) is 5.39 Å². The molecule has 0 bridgehead atoms. The van der Waals surface area contributed by atoms with Crippen molar-refractivity contribution in [2.75, 3.05) is 0 Å². The maximum atomic E-state index is 14.7. The molecule has 0 aliphatic rings. The molecular formula is C24H11F6N. The Morgan fingerprint density at radius 3 is 2.10 bits per heavy atom. The molecule has 0 spiro atoms. The third-order valence-electron chi connectivity index (χ3n) is 4.59. The standard InChI is InChI=1S/C24H11F6N/c25-19-13-17-11-16(14-4-6-15(7-5-14)21-3-1-2-10-31-21)12-20(26)22(17)23(27)18(19)8-9-24(28,29)30/h1-7,10-13H. The van der Waals surface area contributed by atoms with E-state index in [4.69, 9.17) is 0 Å². The Morgan fingerprint density at radius 2 is 1.45 bits per heavy atom. The van der Waals surface area contributed by atoms with Crippen molar-refractivity contribution in [1.29, 1.82) is 0 Å². The molecule has 0 atom stereocenters. The molecule has 1 aromatic heterocycles. The van der Waals surface area contributed by atoms with Crippen molar-refractivity contribution >= 4 is 10.8 Å². The van der Waals surface area contributed by atoms with Crippen molar-refractivity contribution in [2.45, 2.75) is 6.18 Å². The van der Waals surface area contributed by atoms with Gasteiger partial charge in [-0.2, -0.15) is 13.2 Å². The van der Waals surface area contributed by atoms with E-state index in [1.54, 1.807) is 36.5 Å². The molecule has 31 heavy (non-hydrogen) atoms. The van der Waals surface area contributed by atoms with Gasteiger partial charge in [0.25, 0.3) is 0 Å². The smallest absolute Gasteiger partial charge is 0.256 e. The van der Waals surface area contributed by atoms with Crippen LogP contribution in [0.15, 0.2) is 66.9 Å². The lowest BCUT2D eigenvalue weighted by Gasteiger charge is -2.09. The van der Waals surface area contributed by atoms with E-state index in [9.17, 15) is 26.3 Å². The molecule has 0 saturated heterocycles. The number of hydrogen-bond acceptors (Lipinski definition) is 1. The summed E-state index contributed by atoms with van der Waals surface area (Å²) in [4.78, 5) is 4.24. The van der Waals surface area contributed by atoms with E-state index < -0.39 is 34.6 Å². The van der Waals surface area contributed by atoms with Crippen LogP contribution in [-0.4, -0.2) is 11.2 Å². The normalized spacial score (nSPS) is 11.3. The van der Waals surface area contributed by atoms with Crippen LogP contribution in [0.1, 0.15) is 5.56 Å². The molecule has 0 aliphatic heterocycles. The summed E-state index contributed by atoms with van der Waals surface area (Å²) in [7, 11) is 0. The lowest BCUT2D eigenvalue weighted by Crippen LogP contribution is -2.03. The number of benzene rings is 3. The van der Waals surface area contributed by atoms with Crippen LogP contribution in [-0.2, 0) is 0 Å². The van der Waals surface area contributed by atoms with Gasteiger partial charge in [0.1, 0.15) is 11.6 Å². The highest BCUT2D eigenvalue weighted by Crippen LogP contribution is 2.32. The number of rotatable bonds is 2. The average Bonchev–Trinajstić information content (AvgIpc) is 2.73. The number of nitrogens with zero attached hydrogens (tertiary/aromatic N) is 1. The van der Waals surface area contributed by atoms with Crippen molar-refractivity contribution < 1.29 is 26.3 Å². The minimum Gasteiger partial charge on any atom is -0.256 e. The molecule has 0 fully saturated rings. The largest absolute Gasteiger partial charge is 0.458 e. The average molecular weight is 427 g/mol. The Labute approximate surface area is 173 Å². The predicted molar refractivity (Wildman–Crippen MR) is 105 cm³/mol. The van der Waals surface area contributed by atoms with Crippen molar-refractivity contribution in [2.24, 2.45) is 0 Å². The lowest BCUT2D eigenvalue weighted by atomic mass is 9.97. The molecule has 154 valence electrons. The first kappa shape index (κ1) is 20.5. The maximum Gasteiger partial charge on any atom is 0.458 e. The molecule has 1 heterocycles. The van der Waals surface area contributed by atoms with Gasteiger partial charge in [0.2, 0.25) is 0 Å². The van der Waals surface area contributed by atoms with Gasteiger partial charge in [-0.25, -0.2) is 13.2 Å².